The number of ether oxygens (including phenoxy) is 5. The SMILES string of the molecule is COC(=O)COC1=C(O)C(=O)O[C@@H]1[C@@H]1COC(C)(C)O1. The van der Waals surface area contributed by atoms with Crippen molar-refractivity contribution in [3.63, 3.8) is 0 Å². The van der Waals surface area contributed by atoms with Crippen LogP contribution >= 0.6 is 0 Å². The Kier molecular flexibility index (Phi) is 3.87. The van der Waals surface area contributed by atoms with Crippen molar-refractivity contribution in [3.05, 3.63) is 11.5 Å². The van der Waals surface area contributed by atoms with E-state index in [9.17, 15) is 14.7 Å². The fourth-order valence-electron chi connectivity index (χ4n) is 1.92. The molecular weight excluding hydrogens is 272 g/mol. The van der Waals surface area contributed by atoms with Gasteiger partial charge in [-0.2, -0.15) is 0 Å². The van der Waals surface area contributed by atoms with E-state index in [1.807, 2.05) is 0 Å². The van der Waals surface area contributed by atoms with Gasteiger partial charge in [-0.1, -0.05) is 0 Å². The molecule has 0 saturated carbocycles. The van der Waals surface area contributed by atoms with Gasteiger partial charge in [-0.3, -0.25) is 0 Å². The lowest BCUT2D eigenvalue weighted by molar-refractivity contribution is -0.164. The van der Waals surface area contributed by atoms with E-state index in [0.29, 0.717) is 0 Å². The van der Waals surface area contributed by atoms with E-state index >= 15 is 0 Å². The lowest BCUT2D eigenvalue weighted by Crippen LogP contribution is -2.33. The first-order valence-electron chi connectivity index (χ1n) is 5.99. The van der Waals surface area contributed by atoms with Crippen molar-refractivity contribution in [3.8, 4) is 0 Å². The Bertz CT molecular complexity index is 452. The molecule has 112 valence electrons. The normalized spacial score (nSPS) is 28.4. The van der Waals surface area contributed by atoms with E-state index in [-0.39, 0.29) is 12.4 Å². The maximum absolute atomic E-state index is 11.4. The minimum absolute atomic E-state index is 0.147. The Morgan fingerprint density at radius 3 is 2.75 bits per heavy atom. The maximum atomic E-state index is 11.4. The highest BCUT2D eigenvalue weighted by molar-refractivity contribution is 5.89. The molecule has 8 nitrogen and oxygen atoms in total. The molecule has 1 saturated heterocycles. The summed E-state index contributed by atoms with van der Waals surface area (Å²) in [4.78, 5) is 22.5. The van der Waals surface area contributed by atoms with Gasteiger partial charge in [0.25, 0.3) is 0 Å². The molecule has 0 aromatic heterocycles. The highest BCUT2D eigenvalue weighted by atomic mass is 16.8. The lowest BCUT2D eigenvalue weighted by atomic mass is 10.2. The van der Waals surface area contributed by atoms with Crippen LogP contribution in [-0.4, -0.2) is 55.4 Å². The van der Waals surface area contributed by atoms with Crippen molar-refractivity contribution < 1.29 is 38.4 Å². The zero-order chi connectivity index (χ0) is 14.9. The second kappa shape index (κ2) is 5.29. The van der Waals surface area contributed by atoms with Crippen LogP contribution < -0.4 is 0 Å². The molecule has 1 N–H and O–H groups in total. The van der Waals surface area contributed by atoms with Gasteiger partial charge in [-0.05, 0) is 13.8 Å². The van der Waals surface area contributed by atoms with Crippen molar-refractivity contribution in [1.29, 1.82) is 0 Å². The minimum Gasteiger partial charge on any atom is -0.499 e. The van der Waals surface area contributed by atoms with Crippen molar-refractivity contribution in [2.24, 2.45) is 0 Å². The van der Waals surface area contributed by atoms with E-state index in [2.05, 4.69) is 4.74 Å². The Morgan fingerprint density at radius 2 is 2.20 bits per heavy atom. The molecule has 0 aromatic rings. The van der Waals surface area contributed by atoms with Crippen LogP contribution in [0.5, 0.6) is 0 Å². The second-order valence-corrected chi connectivity index (χ2v) is 4.77. The van der Waals surface area contributed by atoms with Crippen LogP contribution in [0, 0.1) is 0 Å². The summed E-state index contributed by atoms with van der Waals surface area (Å²) in [6.07, 6.45) is -1.57. The average Bonchev–Trinajstić information content (AvgIpc) is 2.88. The second-order valence-electron chi connectivity index (χ2n) is 4.77. The molecule has 20 heavy (non-hydrogen) atoms. The van der Waals surface area contributed by atoms with Crippen LogP contribution in [0.15, 0.2) is 11.5 Å². The summed E-state index contributed by atoms with van der Waals surface area (Å²) < 4.78 is 25.4. The third-order valence-electron chi connectivity index (χ3n) is 2.86. The van der Waals surface area contributed by atoms with E-state index < -0.39 is 42.3 Å². The highest BCUT2D eigenvalue weighted by Crippen LogP contribution is 2.32. The van der Waals surface area contributed by atoms with Crippen molar-refractivity contribution in [2.75, 3.05) is 20.3 Å². The fourth-order valence-corrected chi connectivity index (χ4v) is 1.92. The van der Waals surface area contributed by atoms with Crippen LogP contribution in [0.1, 0.15) is 13.8 Å². The number of hydrogen-bond donors (Lipinski definition) is 1. The van der Waals surface area contributed by atoms with E-state index in [1.165, 1.54) is 7.11 Å². The third-order valence-corrected chi connectivity index (χ3v) is 2.86. The molecule has 2 heterocycles. The first-order valence-corrected chi connectivity index (χ1v) is 5.99. The predicted molar refractivity (Wildman–Crippen MR) is 62.4 cm³/mol. The van der Waals surface area contributed by atoms with Crippen molar-refractivity contribution in [1.82, 2.24) is 0 Å². The Labute approximate surface area is 115 Å². The number of aliphatic hydroxyl groups excluding tert-OH is 1. The molecule has 2 atom stereocenters. The zero-order valence-corrected chi connectivity index (χ0v) is 11.4. The van der Waals surface area contributed by atoms with Gasteiger partial charge < -0.3 is 28.8 Å². The largest absolute Gasteiger partial charge is 0.499 e. The summed E-state index contributed by atoms with van der Waals surface area (Å²) in [5, 5.41) is 9.64. The Morgan fingerprint density at radius 1 is 1.50 bits per heavy atom. The quantitative estimate of drug-likeness (QED) is 0.723. The number of carbonyl (C=O) groups excluding carboxylic acids is 2. The topological polar surface area (TPSA) is 101 Å². The number of rotatable bonds is 4. The van der Waals surface area contributed by atoms with Crippen LogP contribution in [0.2, 0.25) is 0 Å². The Balaban J connectivity index is 2.09. The molecule has 0 aliphatic carbocycles. The van der Waals surface area contributed by atoms with Crippen LogP contribution in [-0.2, 0) is 33.3 Å². The molecule has 0 unspecified atom stereocenters. The molecule has 0 amide bonds. The van der Waals surface area contributed by atoms with E-state index in [1.54, 1.807) is 13.8 Å². The van der Waals surface area contributed by atoms with E-state index in [0.717, 1.165) is 0 Å². The molecule has 2 aliphatic heterocycles. The van der Waals surface area contributed by atoms with Gasteiger partial charge in [0.15, 0.2) is 24.3 Å². The van der Waals surface area contributed by atoms with E-state index in [4.69, 9.17) is 18.9 Å². The number of aliphatic hydroxyl groups is 1. The summed E-state index contributed by atoms with van der Waals surface area (Å²) in [5.74, 6) is -3.21. The molecule has 2 aliphatic rings. The first kappa shape index (κ1) is 14.6. The van der Waals surface area contributed by atoms with Crippen LogP contribution in [0.4, 0.5) is 0 Å². The molecular formula is C12H16O8. The summed E-state index contributed by atoms with van der Waals surface area (Å²) >= 11 is 0. The summed E-state index contributed by atoms with van der Waals surface area (Å²) in [6.45, 7) is 3.15. The first-order chi connectivity index (χ1) is 9.34. The van der Waals surface area contributed by atoms with Crippen molar-refractivity contribution >= 4 is 11.9 Å². The molecule has 8 heteroatoms. The zero-order valence-electron chi connectivity index (χ0n) is 11.4. The molecule has 0 aromatic carbocycles. The number of hydrogen-bond acceptors (Lipinski definition) is 8. The summed E-state index contributed by atoms with van der Waals surface area (Å²) in [5.41, 5.74) is 0. The van der Waals surface area contributed by atoms with Gasteiger partial charge in [0.1, 0.15) is 6.10 Å². The average molecular weight is 288 g/mol. The van der Waals surface area contributed by atoms with Gasteiger partial charge in [-0.25, -0.2) is 9.59 Å². The maximum Gasteiger partial charge on any atom is 0.378 e. The number of esters is 2. The molecule has 0 radical (unpaired) electrons. The number of methoxy groups -OCH3 is 1. The number of cyclic esters (lactones) is 1. The van der Waals surface area contributed by atoms with Crippen LogP contribution in [0.25, 0.3) is 0 Å². The minimum atomic E-state index is -0.950. The highest BCUT2D eigenvalue weighted by Gasteiger charge is 2.47. The smallest absolute Gasteiger partial charge is 0.378 e. The monoisotopic (exact) mass is 288 g/mol. The molecule has 2 rings (SSSR count). The van der Waals surface area contributed by atoms with Gasteiger partial charge >= 0.3 is 11.9 Å². The predicted octanol–water partition coefficient (Wildman–Crippen LogP) is 0.0225. The Hall–Kier alpha value is -1.80. The lowest BCUT2D eigenvalue weighted by Gasteiger charge is -2.21. The molecule has 0 spiro atoms. The third kappa shape index (κ3) is 2.86. The molecule has 1 fully saturated rings. The van der Waals surface area contributed by atoms with Gasteiger partial charge in [0.05, 0.1) is 13.7 Å². The standard InChI is InChI=1S/C12H16O8/c1-12(2)18-4-6(20-12)9-10(8(14)11(15)19-9)17-5-7(13)16-3/h6,9,14H,4-5H2,1-3H3/t6-,9+/m0/s1. The fraction of sp³-hybridized carbons (Fsp3) is 0.667. The summed E-state index contributed by atoms with van der Waals surface area (Å²) in [6, 6.07) is 0. The van der Waals surface area contributed by atoms with Crippen molar-refractivity contribution in [2.45, 2.75) is 31.8 Å². The molecule has 0 bridgehead atoms. The van der Waals surface area contributed by atoms with Crippen LogP contribution in [0.3, 0.4) is 0 Å². The number of carbonyl (C=O) groups is 2. The summed E-state index contributed by atoms with van der Waals surface area (Å²) in [7, 11) is 1.20. The van der Waals surface area contributed by atoms with Gasteiger partial charge in [0.2, 0.25) is 5.76 Å². The van der Waals surface area contributed by atoms with Gasteiger partial charge in [0, 0.05) is 0 Å². The van der Waals surface area contributed by atoms with Gasteiger partial charge in [-0.15, -0.1) is 0 Å².